The maximum absolute atomic E-state index is 11.8. The zero-order valence-electron chi connectivity index (χ0n) is 9.08. The molecule has 7 heteroatoms. The molecule has 0 aromatic rings. The second-order valence-electron chi connectivity index (χ2n) is 4.24. The second kappa shape index (κ2) is 4.90. The third-order valence-corrected chi connectivity index (χ3v) is 2.55. The predicted octanol–water partition coefficient (Wildman–Crippen LogP) is 0.990. The van der Waals surface area contributed by atoms with Crippen LogP contribution in [0.1, 0.15) is 19.8 Å². The van der Waals surface area contributed by atoms with E-state index in [1.807, 2.05) is 6.92 Å². The zero-order valence-corrected chi connectivity index (χ0v) is 9.08. The van der Waals surface area contributed by atoms with E-state index in [0.29, 0.717) is 6.54 Å². The average Bonchev–Trinajstić information content (AvgIpc) is 2.59. The first-order valence-corrected chi connectivity index (χ1v) is 5.14. The first-order chi connectivity index (χ1) is 7.31. The molecule has 0 saturated carbocycles. The van der Waals surface area contributed by atoms with E-state index in [4.69, 9.17) is 0 Å². The van der Waals surface area contributed by atoms with Gasteiger partial charge in [0.05, 0.1) is 0 Å². The van der Waals surface area contributed by atoms with Crippen molar-refractivity contribution in [3.8, 4) is 0 Å². The summed E-state index contributed by atoms with van der Waals surface area (Å²) in [5, 5.41) is 7.38. The number of carbonyl (C=O) groups excluding carboxylic acids is 1. The van der Waals surface area contributed by atoms with Gasteiger partial charge in [-0.15, -0.1) is 0 Å². The van der Waals surface area contributed by atoms with Crippen molar-refractivity contribution < 1.29 is 18.0 Å². The summed E-state index contributed by atoms with van der Waals surface area (Å²) in [5.41, 5.74) is -0.199. The zero-order chi connectivity index (χ0) is 12.2. The number of rotatable bonds is 3. The lowest BCUT2D eigenvalue weighted by atomic mass is 10.0. The van der Waals surface area contributed by atoms with Crippen molar-refractivity contribution >= 4 is 6.03 Å². The molecule has 0 aromatic carbocycles. The van der Waals surface area contributed by atoms with E-state index in [-0.39, 0.29) is 5.54 Å². The lowest BCUT2D eigenvalue weighted by Gasteiger charge is -2.24. The fourth-order valence-corrected chi connectivity index (χ4v) is 1.63. The second-order valence-corrected chi connectivity index (χ2v) is 4.24. The van der Waals surface area contributed by atoms with Gasteiger partial charge in [-0.3, -0.25) is 0 Å². The number of nitrogens with one attached hydrogen (secondary N) is 3. The van der Waals surface area contributed by atoms with Gasteiger partial charge in [-0.05, 0) is 26.3 Å². The summed E-state index contributed by atoms with van der Waals surface area (Å²) in [6.07, 6.45) is -2.44. The topological polar surface area (TPSA) is 53.2 Å². The standard InChI is InChI=1S/C9H16F3N3O/c1-8(3-2-4-15-8)5-13-7(16)14-6-9(10,11)12/h15H,2-6H2,1H3,(H2,13,14,16). The molecule has 1 aliphatic heterocycles. The minimum absolute atomic E-state index is 0.199. The van der Waals surface area contributed by atoms with Crippen LogP contribution in [0.4, 0.5) is 18.0 Å². The summed E-state index contributed by atoms with van der Waals surface area (Å²) in [6, 6.07) is -0.785. The monoisotopic (exact) mass is 239 g/mol. The molecule has 0 aromatic heterocycles. The molecule has 0 radical (unpaired) electrons. The van der Waals surface area contributed by atoms with Gasteiger partial charge in [0.1, 0.15) is 6.54 Å². The van der Waals surface area contributed by atoms with Crippen LogP contribution < -0.4 is 16.0 Å². The van der Waals surface area contributed by atoms with Crippen molar-refractivity contribution in [2.24, 2.45) is 0 Å². The Labute approximate surface area is 92.0 Å². The Balaban J connectivity index is 2.20. The largest absolute Gasteiger partial charge is 0.405 e. The van der Waals surface area contributed by atoms with Crippen molar-refractivity contribution in [3.63, 3.8) is 0 Å². The number of amides is 2. The lowest BCUT2D eigenvalue weighted by molar-refractivity contribution is -0.122. The normalized spacial score (nSPS) is 25.5. The van der Waals surface area contributed by atoms with Gasteiger partial charge in [0.2, 0.25) is 0 Å². The highest BCUT2D eigenvalue weighted by molar-refractivity contribution is 5.73. The van der Waals surface area contributed by atoms with Gasteiger partial charge < -0.3 is 16.0 Å². The quantitative estimate of drug-likeness (QED) is 0.688. The van der Waals surface area contributed by atoms with Gasteiger partial charge in [0.25, 0.3) is 0 Å². The van der Waals surface area contributed by atoms with Crippen LogP contribution in [-0.2, 0) is 0 Å². The molecule has 16 heavy (non-hydrogen) atoms. The molecule has 2 amide bonds. The number of hydrogen-bond acceptors (Lipinski definition) is 2. The number of alkyl halides is 3. The molecular formula is C9H16F3N3O. The van der Waals surface area contributed by atoms with Gasteiger partial charge in [-0.25, -0.2) is 4.79 Å². The smallest absolute Gasteiger partial charge is 0.336 e. The predicted molar refractivity (Wildman–Crippen MR) is 53.1 cm³/mol. The Morgan fingerprint density at radius 1 is 1.44 bits per heavy atom. The molecule has 1 aliphatic rings. The number of carbonyl (C=O) groups is 1. The Bertz CT molecular complexity index is 249. The summed E-state index contributed by atoms with van der Waals surface area (Å²) < 4.78 is 35.3. The molecule has 3 N–H and O–H groups in total. The van der Waals surface area contributed by atoms with Crippen molar-refractivity contribution in [3.05, 3.63) is 0 Å². The van der Waals surface area contributed by atoms with Crippen molar-refractivity contribution in [2.75, 3.05) is 19.6 Å². The maximum Gasteiger partial charge on any atom is 0.405 e. The fraction of sp³-hybridized carbons (Fsp3) is 0.889. The van der Waals surface area contributed by atoms with Crippen LogP contribution in [-0.4, -0.2) is 37.4 Å². The molecule has 94 valence electrons. The molecule has 4 nitrogen and oxygen atoms in total. The summed E-state index contributed by atoms with van der Waals surface area (Å²) in [4.78, 5) is 11.0. The van der Waals surface area contributed by atoms with Gasteiger partial charge >= 0.3 is 12.2 Å². The van der Waals surface area contributed by atoms with Gasteiger partial charge in [-0.1, -0.05) is 0 Å². The number of urea groups is 1. The molecule has 0 aliphatic carbocycles. The van der Waals surface area contributed by atoms with Crippen LogP contribution in [0.2, 0.25) is 0 Å². The van der Waals surface area contributed by atoms with Crippen LogP contribution in [0.5, 0.6) is 0 Å². The van der Waals surface area contributed by atoms with Crippen LogP contribution in [0, 0.1) is 0 Å². The van der Waals surface area contributed by atoms with E-state index < -0.39 is 18.8 Å². The SMILES string of the molecule is CC1(CNC(=O)NCC(F)(F)F)CCCN1. The van der Waals surface area contributed by atoms with Crippen LogP contribution in [0.15, 0.2) is 0 Å². The van der Waals surface area contributed by atoms with E-state index in [2.05, 4.69) is 10.6 Å². The maximum atomic E-state index is 11.8. The average molecular weight is 239 g/mol. The molecule has 0 spiro atoms. The van der Waals surface area contributed by atoms with Gasteiger partial charge in [-0.2, -0.15) is 13.2 Å². The van der Waals surface area contributed by atoms with Crippen LogP contribution >= 0.6 is 0 Å². The number of hydrogen-bond donors (Lipinski definition) is 3. The minimum atomic E-state index is -4.37. The Hall–Kier alpha value is -0.980. The first kappa shape index (κ1) is 13.1. The molecule has 1 unspecified atom stereocenters. The van der Waals surface area contributed by atoms with Gasteiger partial charge in [0, 0.05) is 12.1 Å². The van der Waals surface area contributed by atoms with Crippen molar-refractivity contribution in [2.45, 2.75) is 31.5 Å². The minimum Gasteiger partial charge on any atom is -0.336 e. The van der Waals surface area contributed by atoms with E-state index in [9.17, 15) is 18.0 Å². The van der Waals surface area contributed by atoms with Crippen molar-refractivity contribution in [1.82, 2.24) is 16.0 Å². The van der Waals surface area contributed by atoms with E-state index >= 15 is 0 Å². The summed E-state index contributed by atoms with van der Waals surface area (Å²) in [6.45, 7) is 1.84. The molecule has 1 rings (SSSR count). The summed E-state index contributed by atoms with van der Waals surface area (Å²) in [5.74, 6) is 0. The third-order valence-electron chi connectivity index (χ3n) is 2.55. The summed E-state index contributed by atoms with van der Waals surface area (Å²) in [7, 11) is 0. The summed E-state index contributed by atoms with van der Waals surface area (Å²) >= 11 is 0. The van der Waals surface area contributed by atoms with Gasteiger partial charge in [0.15, 0.2) is 0 Å². The molecule has 0 bridgehead atoms. The molecule has 1 saturated heterocycles. The third kappa shape index (κ3) is 4.69. The van der Waals surface area contributed by atoms with Crippen LogP contribution in [0.25, 0.3) is 0 Å². The van der Waals surface area contributed by atoms with Crippen LogP contribution in [0.3, 0.4) is 0 Å². The Morgan fingerprint density at radius 3 is 2.62 bits per heavy atom. The highest BCUT2D eigenvalue weighted by Crippen LogP contribution is 2.17. The Kier molecular flexibility index (Phi) is 4.01. The van der Waals surface area contributed by atoms with E-state index in [0.717, 1.165) is 19.4 Å². The molecule has 1 atom stereocenters. The van der Waals surface area contributed by atoms with Crippen molar-refractivity contribution in [1.29, 1.82) is 0 Å². The fourth-order valence-electron chi connectivity index (χ4n) is 1.63. The number of halogens is 3. The highest BCUT2D eigenvalue weighted by atomic mass is 19.4. The molecular weight excluding hydrogens is 223 g/mol. The van der Waals surface area contributed by atoms with E-state index in [1.165, 1.54) is 0 Å². The van der Waals surface area contributed by atoms with E-state index in [1.54, 1.807) is 5.32 Å². The highest BCUT2D eigenvalue weighted by Gasteiger charge is 2.30. The molecule has 1 fully saturated rings. The lowest BCUT2D eigenvalue weighted by Crippen LogP contribution is -2.50. The Morgan fingerprint density at radius 2 is 2.12 bits per heavy atom. The first-order valence-electron chi connectivity index (χ1n) is 5.14. The molecule has 1 heterocycles.